The Morgan fingerprint density at radius 3 is 3.00 bits per heavy atom. The summed E-state index contributed by atoms with van der Waals surface area (Å²) in [5.74, 6) is 1.44. The normalized spacial score (nSPS) is 17.8. The van der Waals surface area contributed by atoms with Gasteiger partial charge in [0.2, 0.25) is 0 Å². The van der Waals surface area contributed by atoms with Crippen molar-refractivity contribution >= 4 is 21.6 Å². The van der Waals surface area contributed by atoms with Gasteiger partial charge < -0.3 is 10.3 Å². The number of aromatic nitrogens is 2. The number of nitrogens with zero attached hydrogens (tertiary/aromatic N) is 1. The van der Waals surface area contributed by atoms with Crippen molar-refractivity contribution in [3.05, 3.63) is 62.0 Å². The molecule has 0 spiro atoms. The third kappa shape index (κ3) is 3.71. The van der Waals surface area contributed by atoms with E-state index in [-0.39, 0.29) is 11.6 Å². The molecule has 0 unspecified atom stereocenters. The van der Waals surface area contributed by atoms with E-state index in [0.717, 1.165) is 48.3 Å². The number of aromatic amines is 1. The van der Waals surface area contributed by atoms with E-state index in [0.29, 0.717) is 5.92 Å². The Morgan fingerprint density at radius 2 is 2.19 bits per heavy atom. The number of benzene rings is 1. The summed E-state index contributed by atoms with van der Waals surface area (Å²) < 4.78 is 0. The van der Waals surface area contributed by atoms with Crippen molar-refractivity contribution < 1.29 is 0 Å². The predicted molar refractivity (Wildman–Crippen MR) is 113 cm³/mol. The molecule has 2 heterocycles. The summed E-state index contributed by atoms with van der Waals surface area (Å²) >= 11 is 1.71. The number of H-pyrrole nitrogens is 1. The number of nitrogens with one attached hydrogen (secondary N) is 2. The molecule has 2 N–H and O–H groups in total. The topological polar surface area (TPSA) is 57.8 Å². The molecule has 142 valence electrons. The van der Waals surface area contributed by atoms with Gasteiger partial charge >= 0.3 is 0 Å². The van der Waals surface area contributed by atoms with Crippen molar-refractivity contribution in [1.82, 2.24) is 15.3 Å². The maximum Gasteiger partial charge on any atom is 0.259 e. The Kier molecular flexibility index (Phi) is 5.15. The maximum absolute atomic E-state index is 12.7. The van der Waals surface area contributed by atoms with Crippen LogP contribution < -0.4 is 10.9 Å². The molecule has 0 saturated heterocycles. The number of thiophene rings is 1. The first-order valence-electron chi connectivity index (χ1n) is 9.85. The molecular formula is C22H27N3OS. The van der Waals surface area contributed by atoms with Gasteiger partial charge in [0.1, 0.15) is 10.7 Å². The Morgan fingerprint density at radius 1 is 1.37 bits per heavy atom. The molecule has 1 aromatic carbocycles. The van der Waals surface area contributed by atoms with Gasteiger partial charge in [0, 0.05) is 4.88 Å². The summed E-state index contributed by atoms with van der Waals surface area (Å²) in [5.41, 5.74) is 3.94. The molecule has 4 rings (SSSR count). The van der Waals surface area contributed by atoms with Crippen molar-refractivity contribution in [2.24, 2.45) is 5.92 Å². The highest BCUT2D eigenvalue weighted by molar-refractivity contribution is 7.18. The van der Waals surface area contributed by atoms with Crippen LogP contribution in [0.15, 0.2) is 29.1 Å². The molecule has 0 aliphatic heterocycles. The Labute approximate surface area is 164 Å². The zero-order valence-corrected chi connectivity index (χ0v) is 17.1. The van der Waals surface area contributed by atoms with Gasteiger partial charge in [-0.15, -0.1) is 11.3 Å². The SMILES string of the molecule is Cc1ccccc1CCN[C@H](C)c1nc2sc3c(c2c(=O)[nH]1)CC[C@@H](C)C3. The van der Waals surface area contributed by atoms with Crippen LogP contribution in [0.3, 0.4) is 0 Å². The molecule has 0 amide bonds. The summed E-state index contributed by atoms with van der Waals surface area (Å²) in [4.78, 5) is 22.8. The largest absolute Gasteiger partial charge is 0.309 e. The van der Waals surface area contributed by atoms with Crippen LogP contribution in [0.25, 0.3) is 10.2 Å². The van der Waals surface area contributed by atoms with Crippen LogP contribution in [-0.2, 0) is 19.3 Å². The average Bonchev–Trinajstić information content (AvgIpc) is 3.01. The molecular weight excluding hydrogens is 354 g/mol. The van der Waals surface area contributed by atoms with E-state index < -0.39 is 0 Å². The van der Waals surface area contributed by atoms with Gasteiger partial charge in [0.15, 0.2) is 0 Å². The zero-order chi connectivity index (χ0) is 19.0. The molecule has 0 bridgehead atoms. The van der Waals surface area contributed by atoms with Crippen molar-refractivity contribution in [2.75, 3.05) is 6.54 Å². The van der Waals surface area contributed by atoms with Crippen molar-refractivity contribution in [1.29, 1.82) is 0 Å². The van der Waals surface area contributed by atoms with Gasteiger partial charge in [-0.1, -0.05) is 31.2 Å². The molecule has 3 aromatic rings. The predicted octanol–water partition coefficient (Wildman–Crippen LogP) is 4.31. The lowest BCUT2D eigenvalue weighted by Crippen LogP contribution is -2.25. The minimum Gasteiger partial charge on any atom is -0.309 e. The third-order valence-corrected chi connectivity index (χ3v) is 6.85. The number of rotatable bonds is 5. The Bertz CT molecular complexity index is 1020. The van der Waals surface area contributed by atoms with Crippen LogP contribution in [0, 0.1) is 12.8 Å². The quantitative estimate of drug-likeness (QED) is 0.692. The summed E-state index contributed by atoms with van der Waals surface area (Å²) in [7, 11) is 0. The molecule has 0 saturated carbocycles. The van der Waals surface area contributed by atoms with E-state index >= 15 is 0 Å². The smallest absolute Gasteiger partial charge is 0.259 e. The standard InChI is InChI=1S/C22H27N3OS/c1-13-8-9-17-18(12-13)27-22-19(17)21(26)24-20(25-22)15(3)23-11-10-16-7-5-4-6-14(16)2/h4-7,13,15,23H,8-12H2,1-3H3,(H,24,25,26)/t13-,15-/m1/s1. The van der Waals surface area contributed by atoms with E-state index in [2.05, 4.69) is 55.3 Å². The molecule has 1 aliphatic carbocycles. The Hall–Kier alpha value is -1.98. The van der Waals surface area contributed by atoms with Crippen LogP contribution in [0.1, 0.15) is 53.7 Å². The van der Waals surface area contributed by atoms with Crippen LogP contribution in [0.2, 0.25) is 0 Å². The van der Waals surface area contributed by atoms with E-state index in [1.165, 1.54) is 21.6 Å². The van der Waals surface area contributed by atoms with Gasteiger partial charge in [-0.2, -0.15) is 0 Å². The molecule has 27 heavy (non-hydrogen) atoms. The fourth-order valence-corrected chi connectivity index (χ4v) is 5.37. The number of hydrogen-bond acceptors (Lipinski definition) is 4. The minimum atomic E-state index is 0.0178. The monoisotopic (exact) mass is 381 g/mol. The second kappa shape index (κ2) is 7.56. The van der Waals surface area contributed by atoms with Crippen LogP contribution >= 0.6 is 11.3 Å². The van der Waals surface area contributed by atoms with Crippen LogP contribution in [0.5, 0.6) is 0 Å². The summed E-state index contributed by atoms with van der Waals surface area (Å²) in [5, 5.41) is 4.34. The molecule has 1 aliphatic rings. The highest BCUT2D eigenvalue weighted by Gasteiger charge is 2.23. The zero-order valence-electron chi connectivity index (χ0n) is 16.3. The summed E-state index contributed by atoms with van der Waals surface area (Å²) in [6.07, 6.45) is 4.21. The Balaban J connectivity index is 1.51. The first-order chi connectivity index (χ1) is 13.0. The van der Waals surface area contributed by atoms with Crippen molar-refractivity contribution in [3.8, 4) is 0 Å². The van der Waals surface area contributed by atoms with Crippen molar-refractivity contribution in [2.45, 2.75) is 52.5 Å². The maximum atomic E-state index is 12.7. The van der Waals surface area contributed by atoms with E-state index in [1.54, 1.807) is 11.3 Å². The van der Waals surface area contributed by atoms with Gasteiger partial charge in [-0.05, 0) is 68.7 Å². The van der Waals surface area contributed by atoms with Crippen LogP contribution in [-0.4, -0.2) is 16.5 Å². The second-order valence-corrected chi connectivity index (χ2v) is 8.92. The minimum absolute atomic E-state index is 0.0178. The lowest BCUT2D eigenvalue weighted by molar-refractivity contribution is 0.509. The highest BCUT2D eigenvalue weighted by Crippen LogP contribution is 2.35. The van der Waals surface area contributed by atoms with E-state index in [4.69, 9.17) is 4.98 Å². The molecule has 4 nitrogen and oxygen atoms in total. The second-order valence-electron chi connectivity index (χ2n) is 7.84. The van der Waals surface area contributed by atoms with Gasteiger partial charge in [0.25, 0.3) is 5.56 Å². The third-order valence-electron chi connectivity index (χ3n) is 5.70. The van der Waals surface area contributed by atoms with E-state index in [1.807, 2.05) is 0 Å². The lowest BCUT2D eigenvalue weighted by atomic mass is 9.89. The first kappa shape index (κ1) is 18.4. The van der Waals surface area contributed by atoms with Gasteiger partial charge in [-0.3, -0.25) is 4.79 Å². The van der Waals surface area contributed by atoms with Gasteiger partial charge in [0.05, 0.1) is 11.4 Å². The summed E-state index contributed by atoms with van der Waals surface area (Å²) in [6, 6.07) is 8.48. The molecule has 2 aromatic heterocycles. The number of aryl methyl sites for hydroxylation is 2. The molecule has 2 atom stereocenters. The molecule has 0 radical (unpaired) electrons. The van der Waals surface area contributed by atoms with E-state index in [9.17, 15) is 4.79 Å². The molecule has 0 fully saturated rings. The van der Waals surface area contributed by atoms with Gasteiger partial charge in [-0.25, -0.2) is 4.98 Å². The molecule has 5 heteroatoms. The number of fused-ring (bicyclic) bond motifs is 3. The lowest BCUT2D eigenvalue weighted by Gasteiger charge is -2.17. The number of hydrogen-bond donors (Lipinski definition) is 2. The highest BCUT2D eigenvalue weighted by atomic mass is 32.1. The van der Waals surface area contributed by atoms with Crippen LogP contribution in [0.4, 0.5) is 0 Å². The first-order valence-corrected chi connectivity index (χ1v) is 10.7. The fourth-order valence-electron chi connectivity index (χ4n) is 3.98. The summed E-state index contributed by atoms with van der Waals surface area (Å²) in [6.45, 7) is 7.35. The fraction of sp³-hybridized carbons (Fsp3) is 0.455. The van der Waals surface area contributed by atoms with Crippen molar-refractivity contribution in [3.63, 3.8) is 0 Å². The average molecular weight is 382 g/mol.